The maximum Gasteiger partial charge on any atom is 0.135 e. The molecule has 0 aromatic heterocycles. The molecule has 0 radical (unpaired) electrons. The zero-order valence-corrected chi connectivity index (χ0v) is 15.7. The monoisotopic (exact) mass is 313 g/mol. The summed E-state index contributed by atoms with van der Waals surface area (Å²) >= 11 is 0. The SMILES string of the molecule is BCOC(COC)C(C)NCCCCCCCCCCCC. The van der Waals surface area contributed by atoms with Crippen LogP contribution in [0.25, 0.3) is 0 Å². The van der Waals surface area contributed by atoms with E-state index in [1.165, 1.54) is 64.2 Å². The van der Waals surface area contributed by atoms with E-state index in [4.69, 9.17) is 9.47 Å². The van der Waals surface area contributed by atoms with Gasteiger partial charge in [0, 0.05) is 19.7 Å². The summed E-state index contributed by atoms with van der Waals surface area (Å²) in [5.41, 5.74) is 0. The lowest BCUT2D eigenvalue weighted by Gasteiger charge is -2.24. The van der Waals surface area contributed by atoms with Crippen LogP contribution in [0.3, 0.4) is 0 Å². The van der Waals surface area contributed by atoms with Gasteiger partial charge in [0.05, 0.1) is 12.7 Å². The van der Waals surface area contributed by atoms with Gasteiger partial charge in [-0.3, -0.25) is 0 Å². The minimum Gasteiger partial charge on any atom is -0.383 e. The highest BCUT2D eigenvalue weighted by atomic mass is 16.5. The summed E-state index contributed by atoms with van der Waals surface area (Å²) in [6.07, 6.45) is 14.1. The van der Waals surface area contributed by atoms with Gasteiger partial charge in [-0.25, -0.2) is 0 Å². The van der Waals surface area contributed by atoms with E-state index in [-0.39, 0.29) is 6.10 Å². The highest BCUT2D eigenvalue weighted by Crippen LogP contribution is 2.10. The van der Waals surface area contributed by atoms with Crippen molar-refractivity contribution in [1.82, 2.24) is 5.32 Å². The molecular formula is C18H40BNO2. The van der Waals surface area contributed by atoms with Crippen molar-refractivity contribution in [2.45, 2.75) is 90.2 Å². The second-order valence-electron chi connectivity index (χ2n) is 6.37. The first-order valence-corrected chi connectivity index (χ1v) is 9.60. The van der Waals surface area contributed by atoms with E-state index in [0.717, 1.165) is 13.1 Å². The van der Waals surface area contributed by atoms with E-state index in [9.17, 15) is 0 Å². The summed E-state index contributed by atoms with van der Waals surface area (Å²) < 4.78 is 10.9. The molecular weight excluding hydrogens is 273 g/mol. The van der Waals surface area contributed by atoms with Gasteiger partial charge in [0.2, 0.25) is 0 Å². The lowest BCUT2D eigenvalue weighted by atomic mass is 10.1. The van der Waals surface area contributed by atoms with Crippen LogP contribution in [0.15, 0.2) is 0 Å². The second kappa shape index (κ2) is 17.3. The Morgan fingerprint density at radius 3 is 1.95 bits per heavy atom. The largest absolute Gasteiger partial charge is 0.383 e. The van der Waals surface area contributed by atoms with Gasteiger partial charge in [0.25, 0.3) is 0 Å². The third-order valence-electron chi connectivity index (χ3n) is 4.27. The number of rotatable bonds is 17. The minimum absolute atomic E-state index is 0.165. The van der Waals surface area contributed by atoms with Crippen molar-refractivity contribution >= 4 is 7.85 Å². The molecule has 0 spiro atoms. The number of hydrogen-bond acceptors (Lipinski definition) is 3. The third kappa shape index (κ3) is 13.6. The maximum absolute atomic E-state index is 5.71. The van der Waals surface area contributed by atoms with Crippen LogP contribution >= 0.6 is 0 Å². The molecule has 0 bridgehead atoms. The molecule has 0 amide bonds. The molecule has 2 atom stereocenters. The van der Waals surface area contributed by atoms with Gasteiger partial charge in [-0.2, -0.15) is 0 Å². The van der Waals surface area contributed by atoms with Gasteiger partial charge >= 0.3 is 0 Å². The van der Waals surface area contributed by atoms with E-state index in [1.54, 1.807) is 7.11 Å². The molecule has 3 nitrogen and oxygen atoms in total. The van der Waals surface area contributed by atoms with Crippen molar-refractivity contribution in [3.8, 4) is 0 Å². The molecule has 1 N–H and O–H groups in total. The van der Waals surface area contributed by atoms with Gasteiger partial charge in [-0.1, -0.05) is 64.7 Å². The maximum atomic E-state index is 5.71. The zero-order chi connectivity index (χ0) is 16.5. The Balaban J connectivity index is 3.37. The summed E-state index contributed by atoms with van der Waals surface area (Å²) in [6, 6.07) is 0.360. The molecule has 22 heavy (non-hydrogen) atoms. The Morgan fingerprint density at radius 2 is 1.45 bits per heavy atom. The van der Waals surface area contributed by atoms with Gasteiger partial charge in [0.15, 0.2) is 0 Å². The van der Waals surface area contributed by atoms with E-state index in [1.807, 2.05) is 7.85 Å². The van der Waals surface area contributed by atoms with Crippen LogP contribution in [0.2, 0.25) is 0 Å². The molecule has 0 aromatic carbocycles. The summed E-state index contributed by atoms with van der Waals surface area (Å²) in [5.74, 6) is 0. The fraction of sp³-hybridized carbons (Fsp3) is 1.00. The molecule has 0 aliphatic rings. The first-order valence-electron chi connectivity index (χ1n) is 9.60. The van der Waals surface area contributed by atoms with Crippen molar-refractivity contribution < 1.29 is 9.47 Å². The molecule has 0 fully saturated rings. The minimum atomic E-state index is 0.165. The fourth-order valence-electron chi connectivity index (χ4n) is 2.79. The van der Waals surface area contributed by atoms with E-state index >= 15 is 0 Å². The van der Waals surface area contributed by atoms with Crippen LogP contribution in [0.5, 0.6) is 0 Å². The molecule has 0 rings (SSSR count). The van der Waals surface area contributed by atoms with E-state index in [2.05, 4.69) is 19.2 Å². The summed E-state index contributed by atoms with van der Waals surface area (Å²) in [7, 11) is 3.78. The quantitative estimate of drug-likeness (QED) is 0.329. The second-order valence-corrected chi connectivity index (χ2v) is 6.37. The smallest absolute Gasteiger partial charge is 0.135 e. The lowest BCUT2D eigenvalue weighted by molar-refractivity contribution is -0.0000315. The van der Waals surface area contributed by atoms with Crippen LogP contribution in [0.1, 0.15) is 78.1 Å². The zero-order valence-electron chi connectivity index (χ0n) is 15.7. The number of hydrogen-bond donors (Lipinski definition) is 1. The van der Waals surface area contributed by atoms with Gasteiger partial charge in [-0.15, -0.1) is 0 Å². The molecule has 132 valence electrons. The molecule has 0 saturated heterocycles. The Hall–Kier alpha value is -0.0551. The van der Waals surface area contributed by atoms with Crippen LogP contribution in [0.4, 0.5) is 0 Å². The highest BCUT2D eigenvalue weighted by Gasteiger charge is 2.16. The van der Waals surface area contributed by atoms with Crippen molar-refractivity contribution in [2.24, 2.45) is 0 Å². The molecule has 0 saturated carbocycles. The average molecular weight is 313 g/mol. The summed E-state index contributed by atoms with van der Waals surface area (Å²) in [5, 5.41) is 3.57. The van der Waals surface area contributed by atoms with Crippen LogP contribution < -0.4 is 5.32 Å². The normalized spacial score (nSPS) is 14.1. The summed E-state index contributed by atoms with van der Waals surface area (Å²) in [6.45, 7) is 6.97. The van der Waals surface area contributed by atoms with E-state index < -0.39 is 0 Å². The van der Waals surface area contributed by atoms with Crippen molar-refractivity contribution in [2.75, 3.05) is 26.8 Å². The van der Waals surface area contributed by atoms with Gasteiger partial charge < -0.3 is 14.8 Å². The molecule has 0 aliphatic heterocycles. The lowest BCUT2D eigenvalue weighted by Crippen LogP contribution is -2.42. The Labute approximate surface area is 140 Å². The molecule has 2 unspecified atom stereocenters. The van der Waals surface area contributed by atoms with Crippen molar-refractivity contribution in [1.29, 1.82) is 0 Å². The average Bonchev–Trinajstić information content (AvgIpc) is 2.52. The first kappa shape index (κ1) is 21.9. The van der Waals surface area contributed by atoms with E-state index in [0.29, 0.717) is 12.6 Å². The number of methoxy groups -OCH3 is 1. The van der Waals surface area contributed by atoms with Crippen LogP contribution in [-0.4, -0.2) is 46.8 Å². The number of ether oxygens (including phenoxy) is 2. The Bertz CT molecular complexity index is 211. The predicted octanol–water partition coefficient (Wildman–Crippen LogP) is 3.51. The fourth-order valence-corrected chi connectivity index (χ4v) is 2.79. The third-order valence-corrected chi connectivity index (χ3v) is 4.27. The predicted molar refractivity (Wildman–Crippen MR) is 99.5 cm³/mol. The van der Waals surface area contributed by atoms with Crippen LogP contribution in [0, 0.1) is 0 Å². The van der Waals surface area contributed by atoms with Gasteiger partial charge in [-0.05, 0) is 19.9 Å². The van der Waals surface area contributed by atoms with Crippen molar-refractivity contribution in [3.05, 3.63) is 0 Å². The topological polar surface area (TPSA) is 30.5 Å². The molecule has 0 aromatic rings. The first-order chi connectivity index (χ1) is 10.8. The highest BCUT2D eigenvalue weighted by molar-refractivity contribution is 6.08. The van der Waals surface area contributed by atoms with Gasteiger partial charge in [0.1, 0.15) is 7.85 Å². The number of unbranched alkanes of at least 4 members (excludes halogenated alkanes) is 9. The number of nitrogens with one attached hydrogen (secondary N) is 1. The Kier molecular flexibility index (Phi) is 17.3. The van der Waals surface area contributed by atoms with Crippen molar-refractivity contribution in [3.63, 3.8) is 0 Å². The van der Waals surface area contributed by atoms with Crippen LogP contribution in [-0.2, 0) is 9.47 Å². The standard InChI is InChI=1S/C18H40BNO2/c1-4-5-6-7-8-9-10-11-12-13-14-20-17(2)18(15-21-3)22-16-19/h17-18,20H,4-16,19H2,1-3H3. The Morgan fingerprint density at radius 1 is 0.909 bits per heavy atom. The molecule has 4 heteroatoms. The molecule has 0 aliphatic carbocycles. The molecule has 0 heterocycles. The summed E-state index contributed by atoms with van der Waals surface area (Å²) in [4.78, 5) is 0.